The molecule has 5 nitrogen and oxygen atoms in total. The van der Waals surface area contributed by atoms with Crippen LogP contribution in [0.25, 0.3) is 11.3 Å². The fraction of sp³-hybridized carbons (Fsp3) is 0.500. The van der Waals surface area contributed by atoms with E-state index in [0.29, 0.717) is 16.8 Å². The number of benzene rings is 1. The Labute approximate surface area is 159 Å². The minimum absolute atomic E-state index is 0.0507. The van der Waals surface area contributed by atoms with Crippen molar-refractivity contribution in [1.82, 2.24) is 20.0 Å². The van der Waals surface area contributed by atoms with Crippen molar-refractivity contribution in [3.63, 3.8) is 0 Å². The predicted molar refractivity (Wildman–Crippen MR) is 103 cm³/mol. The molecule has 2 saturated heterocycles. The van der Waals surface area contributed by atoms with Gasteiger partial charge in [-0.3, -0.25) is 9.89 Å². The number of H-pyrrole nitrogens is 1. The van der Waals surface area contributed by atoms with Gasteiger partial charge in [-0.2, -0.15) is 5.10 Å². The molecule has 0 atom stereocenters. The van der Waals surface area contributed by atoms with Crippen LogP contribution >= 0.6 is 11.6 Å². The lowest BCUT2D eigenvalue weighted by Gasteiger charge is -2.40. The molecular weight excluding hydrogens is 348 g/mol. The maximum Gasteiger partial charge on any atom is 0.271 e. The van der Waals surface area contributed by atoms with E-state index in [1.54, 1.807) is 0 Å². The first-order chi connectivity index (χ1) is 12.7. The molecule has 0 bridgehead atoms. The van der Waals surface area contributed by atoms with Crippen LogP contribution in [0.3, 0.4) is 0 Å². The first-order valence-electron chi connectivity index (χ1n) is 9.55. The summed E-state index contributed by atoms with van der Waals surface area (Å²) in [5.74, 6) is 0.0507. The Morgan fingerprint density at radius 3 is 2.42 bits per heavy atom. The third-order valence-corrected chi connectivity index (χ3v) is 5.86. The van der Waals surface area contributed by atoms with Gasteiger partial charge in [-0.1, -0.05) is 30.2 Å². The highest BCUT2D eigenvalue weighted by atomic mass is 35.5. The Balaban J connectivity index is 1.37. The van der Waals surface area contributed by atoms with E-state index in [1.807, 2.05) is 35.2 Å². The number of aromatic amines is 1. The molecule has 2 aliphatic rings. The van der Waals surface area contributed by atoms with E-state index in [9.17, 15) is 4.79 Å². The lowest BCUT2D eigenvalue weighted by atomic mass is 9.99. The zero-order chi connectivity index (χ0) is 17.9. The Hall–Kier alpha value is -1.85. The molecule has 0 radical (unpaired) electrons. The highest BCUT2D eigenvalue weighted by Crippen LogP contribution is 2.23. The number of aromatic nitrogens is 2. The SMILES string of the molecule is O=C(c1cc(-c2ccc(Cl)cc2)n[nH]1)N1CCC(N2CCCCC2)CC1. The van der Waals surface area contributed by atoms with Crippen LogP contribution in [0.5, 0.6) is 0 Å². The van der Waals surface area contributed by atoms with Crippen LogP contribution in [-0.2, 0) is 0 Å². The molecule has 2 fully saturated rings. The van der Waals surface area contributed by atoms with Gasteiger partial charge in [0.05, 0.1) is 5.69 Å². The molecular formula is C20H25ClN4O. The number of piperidine rings is 2. The Kier molecular flexibility index (Phi) is 5.27. The molecule has 0 aliphatic carbocycles. The van der Waals surface area contributed by atoms with E-state index in [0.717, 1.165) is 37.2 Å². The molecule has 2 aliphatic heterocycles. The van der Waals surface area contributed by atoms with E-state index in [4.69, 9.17) is 11.6 Å². The topological polar surface area (TPSA) is 52.2 Å². The number of nitrogens with zero attached hydrogens (tertiary/aromatic N) is 3. The number of nitrogens with one attached hydrogen (secondary N) is 1. The fourth-order valence-electron chi connectivity index (χ4n) is 4.09. The average Bonchev–Trinajstić information content (AvgIpc) is 3.19. The van der Waals surface area contributed by atoms with Gasteiger partial charge in [0.25, 0.3) is 5.91 Å². The summed E-state index contributed by atoms with van der Waals surface area (Å²) in [6.45, 7) is 4.11. The lowest BCUT2D eigenvalue weighted by Crippen LogP contribution is -2.48. The first-order valence-corrected chi connectivity index (χ1v) is 9.93. The summed E-state index contributed by atoms with van der Waals surface area (Å²) in [7, 11) is 0. The van der Waals surface area contributed by atoms with E-state index in [1.165, 1.54) is 32.4 Å². The molecule has 3 heterocycles. The maximum absolute atomic E-state index is 12.8. The van der Waals surface area contributed by atoms with Gasteiger partial charge in [-0.15, -0.1) is 0 Å². The molecule has 4 rings (SSSR count). The maximum atomic E-state index is 12.8. The smallest absolute Gasteiger partial charge is 0.271 e. The quantitative estimate of drug-likeness (QED) is 0.891. The van der Waals surface area contributed by atoms with Gasteiger partial charge in [0.2, 0.25) is 0 Å². The predicted octanol–water partition coefficient (Wildman–Crippen LogP) is 3.82. The van der Waals surface area contributed by atoms with Crippen molar-refractivity contribution in [1.29, 1.82) is 0 Å². The van der Waals surface area contributed by atoms with Crippen molar-refractivity contribution in [2.24, 2.45) is 0 Å². The number of amides is 1. The summed E-state index contributed by atoms with van der Waals surface area (Å²) in [5.41, 5.74) is 2.29. The van der Waals surface area contributed by atoms with Crippen LogP contribution in [-0.4, -0.2) is 58.1 Å². The van der Waals surface area contributed by atoms with Crippen LogP contribution in [0.2, 0.25) is 5.02 Å². The van der Waals surface area contributed by atoms with Crippen molar-refractivity contribution in [2.45, 2.75) is 38.1 Å². The van der Waals surface area contributed by atoms with E-state index in [2.05, 4.69) is 15.1 Å². The van der Waals surface area contributed by atoms with Crippen molar-refractivity contribution in [3.8, 4) is 11.3 Å². The summed E-state index contributed by atoms with van der Waals surface area (Å²) in [6.07, 6.45) is 6.15. The summed E-state index contributed by atoms with van der Waals surface area (Å²) in [5, 5.41) is 7.89. The molecule has 1 aromatic heterocycles. The number of hydrogen-bond donors (Lipinski definition) is 1. The number of carbonyl (C=O) groups is 1. The summed E-state index contributed by atoms with van der Waals surface area (Å²) < 4.78 is 0. The fourth-order valence-corrected chi connectivity index (χ4v) is 4.21. The monoisotopic (exact) mass is 372 g/mol. The second-order valence-corrected chi connectivity index (χ2v) is 7.73. The van der Waals surface area contributed by atoms with Gasteiger partial charge < -0.3 is 9.80 Å². The van der Waals surface area contributed by atoms with Crippen LogP contribution in [0.1, 0.15) is 42.6 Å². The molecule has 6 heteroatoms. The second-order valence-electron chi connectivity index (χ2n) is 7.29. The van der Waals surface area contributed by atoms with Crippen LogP contribution in [0.4, 0.5) is 0 Å². The first kappa shape index (κ1) is 17.6. The van der Waals surface area contributed by atoms with Gasteiger partial charge in [-0.25, -0.2) is 0 Å². The van der Waals surface area contributed by atoms with Crippen molar-refractivity contribution >= 4 is 17.5 Å². The second kappa shape index (κ2) is 7.80. The normalized spacial score (nSPS) is 19.7. The molecule has 0 spiro atoms. The molecule has 1 N–H and O–H groups in total. The Bertz CT molecular complexity index is 743. The van der Waals surface area contributed by atoms with Gasteiger partial charge >= 0.3 is 0 Å². The number of halogens is 1. The molecule has 0 saturated carbocycles. The van der Waals surface area contributed by atoms with Gasteiger partial charge in [0.1, 0.15) is 5.69 Å². The van der Waals surface area contributed by atoms with Crippen LogP contribution in [0, 0.1) is 0 Å². The highest BCUT2D eigenvalue weighted by molar-refractivity contribution is 6.30. The lowest BCUT2D eigenvalue weighted by molar-refractivity contribution is 0.0585. The van der Waals surface area contributed by atoms with E-state index < -0.39 is 0 Å². The largest absolute Gasteiger partial charge is 0.337 e. The minimum atomic E-state index is 0.0507. The molecule has 2 aromatic rings. The third-order valence-electron chi connectivity index (χ3n) is 5.61. The summed E-state index contributed by atoms with van der Waals surface area (Å²) >= 11 is 5.93. The third kappa shape index (κ3) is 3.79. The van der Waals surface area contributed by atoms with Gasteiger partial charge in [0, 0.05) is 29.7 Å². The van der Waals surface area contributed by atoms with E-state index in [-0.39, 0.29) is 5.91 Å². The summed E-state index contributed by atoms with van der Waals surface area (Å²) in [4.78, 5) is 17.4. The standard InChI is InChI=1S/C20H25ClN4O/c21-16-6-4-15(5-7-16)18-14-19(23-22-18)20(26)25-12-8-17(9-13-25)24-10-2-1-3-11-24/h4-7,14,17H,1-3,8-13H2,(H,22,23). The minimum Gasteiger partial charge on any atom is -0.337 e. The Morgan fingerprint density at radius 2 is 1.73 bits per heavy atom. The van der Waals surface area contributed by atoms with Crippen molar-refractivity contribution in [3.05, 3.63) is 41.0 Å². The van der Waals surface area contributed by atoms with Gasteiger partial charge in [-0.05, 0) is 57.0 Å². The van der Waals surface area contributed by atoms with Crippen LogP contribution in [0.15, 0.2) is 30.3 Å². The number of hydrogen-bond acceptors (Lipinski definition) is 3. The Morgan fingerprint density at radius 1 is 1.04 bits per heavy atom. The number of rotatable bonds is 3. The van der Waals surface area contributed by atoms with E-state index >= 15 is 0 Å². The zero-order valence-corrected chi connectivity index (χ0v) is 15.7. The summed E-state index contributed by atoms with van der Waals surface area (Å²) in [6, 6.07) is 9.97. The molecule has 1 aromatic carbocycles. The zero-order valence-electron chi connectivity index (χ0n) is 15.0. The molecule has 0 unspecified atom stereocenters. The number of carbonyl (C=O) groups excluding carboxylic acids is 1. The molecule has 1 amide bonds. The molecule has 138 valence electrons. The average molecular weight is 373 g/mol. The highest BCUT2D eigenvalue weighted by Gasteiger charge is 2.28. The van der Waals surface area contributed by atoms with Gasteiger partial charge in [0.15, 0.2) is 0 Å². The molecule has 26 heavy (non-hydrogen) atoms. The van der Waals surface area contributed by atoms with Crippen molar-refractivity contribution < 1.29 is 4.79 Å². The van der Waals surface area contributed by atoms with Crippen LogP contribution < -0.4 is 0 Å². The van der Waals surface area contributed by atoms with Crippen molar-refractivity contribution in [2.75, 3.05) is 26.2 Å². The number of likely N-dealkylation sites (tertiary alicyclic amines) is 2.